The smallest absolute Gasteiger partial charge is 0.160 e. The monoisotopic (exact) mass is 1500 g/mol. The Labute approximate surface area is 683 Å². The summed E-state index contributed by atoms with van der Waals surface area (Å²) in [5.41, 5.74) is 31.4. The van der Waals surface area contributed by atoms with E-state index in [1.807, 2.05) is 24.3 Å². The minimum Gasteiger partial charge on any atom is -0.308 e. The number of hydrogen-bond acceptors (Lipinski definition) is 6. The topological polar surface area (TPSA) is 87.2 Å². The summed E-state index contributed by atoms with van der Waals surface area (Å²) in [4.78, 5) is 31.7. The summed E-state index contributed by atoms with van der Waals surface area (Å²) < 4.78 is 4.77. The number of rotatable bonds is 14. The number of para-hydroxylation sites is 6. The molecule has 0 spiro atoms. The number of nitrogens with zero attached hydrogens (tertiary/aromatic N) is 8. The molecule has 16 aromatic carbocycles. The third-order valence-corrected chi connectivity index (χ3v) is 22.4. The molecular formula is C110H72N8. The molecule has 6 aromatic heterocycles. The molecule has 0 atom stereocenters. The Balaban J connectivity index is 0.000000147. The lowest BCUT2D eigenvalue weighted by Crippen LogP contribution is -1.97. The van der Waals surface area contributed by atoms with E-state index < -0.39 is 0 Å². The highest BCUT2D eigenvalue weighted by atomic mass is 15.0. The van der Waals surface area contributed by atoms with E-state index in [0.717, 1.165) is 173 Å². The van der Waals surface area contributed by atoms with Gasteiger partial charge < -0.3 is 9.13 Å². The molecule has 552 valence electrons. The zero-order valence-corrected chi connectivity index (χ0v) is 64.1. The van der Waals surface area contributed by atoms with E-state index in [0.29, 0.717) is 11.6 Å². The number of fused-ring (bicyclic) bond motifs is 10. The SMILES string of the molecule is c1ccc(-c2cccc(-c3cc(-c4ccc(-c5nc6ccccc6c6c5c5ccccc5n6-c5ccccc5)cc4)nc(-c4cccc(-c5ccccc5)c4)n3)c2)cc1.c1ccc(-c2cccc(-c3cc(-c4cccc(-c5ccccc5)c4)nc(-c4ccc(-c5nc6ccccc6c6c5c5ccccc5n6-c5ccccc5)cc4)n3)c2)cc1. The molecule has 0 amide bonds. The molecule has 0 saturated heterocycles. The maximum absolute atomic E-state index is 5.37. The molecule has 0 aliphatic heterocycles. The van der Waals surface area contributed by atoms with E-state index in [9.17, 15) is 0 Å². The van der Waals surface area contributed by atoms with Crippen LogP contribution in [0.4, 0.5) is 0 Å². The third-order valence-electron chi connectivity index (χ3n) is 22.4. The van der Waals surface area contributed by atoms with E-state index >= 15 is 0 Å². The molecule has 8 nitrogen and oxygen atoms in total. The molecule has 0 unspecified atom stereocenters. The minimum atomic E-state index is 0.663. The van der Waals surface area contributed by atoms with E-state index in [1.54, 1.807) is 0 Å². The molecule has 22 aromatic rings. The number of benzene rings is 16. The van der Waals surface area contributed by atoms with Gasteiger partial charge in [-0.15, -0.1) is 0 Å². The standard InChI is InChI=1S/2C55H36N4/c1-4-16-37(17-5-1)41-20-14-22-43(34-41)49-36-50(44-23-15-21-42(35-44)38-18-6-2-7-19-38)58-55(57-49)40-32-30-39(31-33-40)53-52-47-27-11-13-29-51(47)59(45-24-8-3-9-25-45)54(52)46-26-10-12-28-48(46)56-53;1-4-16-37(17-5-1)41-20-14-22-43(34-41)50-36-49(57-55(58-50)44-23-15-21-42(35-44)38-18-6-2-7-19-38)39-30-32-40(33-31-39)53-52-47-27-11-13-29-51(47)59(45-24-8-3-9-25-45)54(52)46-26-10-12-28-48(46)56-53/h2*1-36H. The molecule has 0 saturated carbocycles. The second-order valence-electron chi connectivity index (χ2n) is 29.6. The molecule has 0 aliphatic carbocycles. The second-order valence-corrected chi connectivity index (χ2v) is 29.6. The van der Waals surface area contributed by atoms with Crippen molar-refractivity contribution in [1.29, 1.82) is 0 Å². The van der Waals surface area contributed by atoms with Gasteiger partial charge in [0.25, 0.3) is 0 Å². The van der Waals surface area contributed by atoms with Crippen molar-refractivity contribution in [2.45, 2.75) is 0 Å². The largest absolute Gasteiger partial charge is 0.308 e. The molecule has 0 N–H and O–H groups in total. The van der Waals surface area contributed by atoms with Gasteiger partial charge in [0.15, 0.2) is 11.6 Å². The van der Waals surface area contributed by atoms with Crippen LogP contribution in [0.15, 0.2) is 437 Å². The zero-order chi connectivity index (χ0) is 78.2. The van der Waals surface area contributed by atoms with E-state index in [4.69, 9.17) is 29.9 Å². The Kier molecular flexibility index (Phi) is 18.1. The highest BCUT2D eigenvalue weighted by Crippen LogP contribution is 2.45. The fourth-order valence-corrected chi connectivity index (χ4v) is 16.7. The molecule has 0 aliphatic rings. The lowest BCUT2D eigenvalue weighted by atomic mass is 9.99. The Morgan fingerprint density at radius 2 is 0.424 bits per heavy atom. The van der Waals surface area contributed by atoms with Crippen LogP contribution in [0.1, 0.15) is 0 Å². The van der Waals surface area contributed by atoms with Crippen LogP contribution in [0, 0.1) is 0 Å². The van der Waals surface area contributed by atoms with Gasteiger partial charge >= 0.3 is 0 Å². The van der Waals surface area contributed by atoms with Gasteiger partial charge in [0, 0.05) is 88.2 Å². The van der Waals surface area contributed by atoms with Gasteiger partial charge in [-0.1, -0.05) is 352 Å². The van der Waals surface area contributed by atoms with Gasteiger partial charge in [-0.2, -0.15) is 0 Å². The van der Waals surface area contributed by atoms with Gasteiger partial charge in [0.2, 0.25) is 0 Å². The maximum atomic E-state index is 5.37. The van der Waals surface area contributed by atoms with Gasteiger partial charge in [0.05, 0.1) is 67.3 Å². The van der Waals surface area contributed by atoms with Crippen LogP contribution in [0.25, 0.3) is 212 Å². The third kappa shape index (κ3) is 13.3. The van der Waals surface area contributed by atoms with Gasteiger partial charge in [-0.3, -0.25) is 0 Å². The van der Waals surface area contributed by atoms with Crippen molar-refractivity contribution in [3.8, 4) is 146 Å². The number of aromatic nitrogens is 8. The molecule has 0 radical (unpaired) electrons. The first kappa shape index (κ1) is 70.0. The lowest BCUT2D eigenvalue weighted by molar-refractivity contribution is 1.18. The minimum absolute atomic E-state index is 0.663. The fraction of sp³-hybridized carbons (Fsp3) is 0. The summed E-state index contributed by atoms with van der Waals surface area (Å²) in [6.45, 7) is 0. The molecule has 6 heterocycles. The first-order valence-corrected chi connectivity index (χ1v) is 39.9. The Bertz CT molecular complexity index is 6840. The lowest BCUT2D eigenvalue weighted by Gasteiger charge is -2.13. The van der Waals surface area contributed by atoms with Crippen LogP contribution >= 0.6 is 0 Å². The highest BCUT2D eigenvalue weighted by Gasteiger charge is 2.24. The van der Waals surface area contributed by atoms with E-state index in [1.165, 1.54) is 27.5 Å². The first-order valence-electron chi connectivity index (χ1n) is 39.9. The van der Waals surface area contributed by atoms with E-state index in [2.05, 4.69) is 422 Å². The molecule has 22 rings (SSSR count). The molecule has 8 heteroatoms. The van der Waals surface area contributed by atoms with Crippen LogP contribution in [0.3, 0.4) is 0 Å². The fourth-order valence-electron chi connectivity index (χ4n) is 16.7. The summed E-state index contributed by atoms with van der Waals surface area (Å²) in [7, 11) is 0. The average molecular weight is 1510 g/mol. The van der Waals surface area contributed by atoms with Crippen LogP contribution in [0.5, 0.6) is 0 Å². The predicted octanol–water partition coefficient (Wildman–Crippen LogP) is 28.2. The van der Waals surface area contributed by atoms with Crippen molar-refractivity contribution in [1.82, 2.24) is 39.0 Å². The average Bonchev–Trinajstić information content (AvgIpc) is 1.56. The van der Waals surface area contributed by atoms with Gasteiger partial charge in [0.1, 0.15) is 0 Å². The predicted molar refractivity (Wildman–Crippen MR) is 489 cm³/mol. The summed E-state index contributed by atoms with van der Waals surface area (Å²) >= 11 is 0. The van der Waals surface area contributed by atoms with Crippen molar-refractivity contribution in [3.05, 3.63) is 437 Å². The van der Waals surface area contributed by atoms with Gasteiger partial charge in [-0.05, 0) is 129 Å². The van der Waals surface area contributed by atoms with Crippen molar-refractivity contribution in [3.63, 3.8) is 0 Å². The number of pyridine rings is 2. The summed E-state index contributed by atoms with van der Waals surface area (Å²) in [5.74, 6) is 1.34. The van der Waals surface area contributed by atoms with Crippen molar-refractivity contribution >= 4 is 65.4 Å². The van der Waals surface area contributed by atoms with Crippen LogP contribution in [-0.4, -0.2) is 39.0 Å². The maximum Gasteiger partial charge on any atom is 0.160 e. The van der Waals surface area contributed by atoms with Crippen LogP contribution in [0.2, 0.25) is 0 Å². The molecular weight excluding hydrogens is 1430 g/mol. The Hall–Kier alpha value is -15.9. The van der Waals surface area contributed by atoms with Crippen molar-refractivity contribution in [2.24, 2.45) is 0 Å². The Morgan fingerprint density at radius 1 is 0.161 bits per heavy atom. The van der Waals surface area contributed by atoms with Crippen LogP contribution < -0.4 is 0 Å². The van der Waals surface area contributed by atoms with Crippen LogP contribution in [-0.2, 0) is 0 Å². The summed E-state index contributed by atoms with van der Waals surface area (Å²) in [6.07, 6.45) is 0. The summed E-state index contributed by atoms with van der Waals surface area (Å²) in [6, 6.07) is 153. The van der Waals surface area contributed by atoms with Crippen molar-refractivity contribution < 1.29 is 0 Å². The zero-order valence-electron chi connectivity index (χ0n) is 64.1. The molecule has 118 heavy (non-hydrogen) atoms. The molecule has 0 fully saturated rings. The quantitative estimate of drug-likeness (QED) is 0.108. The first-order chi connectivity index (χ1) is 58.5. The second kappa shape index (κ2) is 30.5. The highest BCUT2D eigenvalue weighted by molar-refractivity contribution is 6.24. The van der Waals surface area contributed by atoms with Gasteiger partial charge in [-0.25, -0.2) is 29.9 Å². The number of hydrogen-bond donors (Lipinski definition) is 0. The van der Waals surface area contributed by atoms with E-state index in [-0.39, 0.29) is 0 Å². The summed E-state index contributed by atoms with van der Waals surface area (Å²) in [5, 5.41) is 6.85. The Morgan fingerprint density at radius 3 is 0.797 bits per heavy atom. The normalized spacial score (nSPS) is 11.4. The van der Waals surface area contributed by atoms with Crippen molar-refractivity contribution in [2.75, 3.05) is 0 Å². The molecule has 0 bridgehead atoms.